The van der Waals surface area contributed by atoms with E-state index in [0.717, 1.165) is 22.7 Å². The lowest BCUT2D eigenvalue weighted by molar-refractivity contribution is 0.100. The molecule has 0 aliphatic heterocycles. The van der Waals surface area contributed by atoms with Crippen LogP contribution in [0.3, 0.4) is 0 Å². The molecule has 2 aromatic rings. The predicted octanol–water partition coefficient (Wildman–Crippen LogP) is 4.00. The second-order valence-electron chi connectivity index (χ2n) is 4.60. The fourth-order valence-corrected chi connectivity index (χ4v) is 2.21. The fraction of sp³-hybridized carbons (Fsp3) is 0.188. The summed E-state index contributed by atoms with van der Waals surface area (Å²) < 4.78 is 0. The number of nitrogens with one attached hydrogen (secondary N) is 1. The zero-order valence-electron chi connectivity index (χ0n) is 11.3. The van der Waals surface area contributed by atoms with Crippen LogP contribution in [0, 0.1) is 0 Å². The molecule has 0 saturated carbocycles. The van der Waals surface area contributed by atoms with Crippen LogP contribution >= 0.6 is 11.6 Å². The third-order valence-electron chi connectivity index (χ3n) is 3.17. The van der Waals surface area contributed by atoms with Crippen molar-refractivity contribution in [3.63, 3.8) is 0 Å². The van der Waals surface area contributed by atoms with E-state index in [2.05, 4.69) is 12.2 Å². The van der Waals surface area contributed by atoms with Gasteiger partial charge < -0.3 is 11.1 Å². The molecular formula is C16H17ClN2O. The minimum Gasteiger partial charge on any atom is -0.378 e. The number of nitrogens with two attached hydrogens (primary N) is 1. The Kier molecular flexibility index (Phi) is 4.64. The van der Waals surface area contributed by atoms with Gasteiger partial charge in [-0.15, -0.1) is 0 Å². The maximum Gasteiger partial charge on any atom is 0.248 e. The lowest BCUT2D eigenvalue weighted by Crippen LogP contribution is -2.13. The molecule has 0 radical (unpaired) electrons. The normalized spacial score (nSPS) is 11.9. The number of hydrogen-bond donors (Lipinski definition) is 2. The van der Waals surface area contributed by atoms with E-state index in [4.69, 9.17) is 17.3 Å². The monoisotopic (exact) mass is 288 g/mol. The van der Waals surface area contributed by atoms with Crippen molar-refractivity contribution >= 4 is 23.2 Å². The van der Waals surface area contributed by atoms with Crippen molar-refractivity contribution in [1.82, 2.24) is 0 Å². The van der Waals surface area contributed by atoms with Gasteiger partial charge in [0.2, 0.25) is 5.91 Å². The maximum absolute atomic E-state index is 11.2. The Labute approximate surface area is 123 Å². The van der Waals surface area contributed by atoms with E-state index >= 15 is 0 Å². The summed E-state index contributed by atoms with van der Waals surface area (Å²) in [6.45, 7) is 2.10. The molecule has 0 saturated heterocycles. The van der Waals surface area contributed by atoms with Gasteiger partial charge in [-0.1, -0.05) is 36.7 Å². The molecular weight excluding hydrogens is 272 g/mol. The highest BCUT2D eigenvalue weighted by Gasteiger charge is 2.10. The topological polar surface area (TPSA) is 55.1 Å². The minimum absolute atomic E-state index is 0.162. The Morgan fingerprint density at radius 1 is 1.25 bits per heavy atom. The van der Waals surface area contributed by atoms with Crippen LogP contribution in [-0.2, 0) is 0 Å². The van der Waals surface area contributed by atoms with E-state index in [1.54, 1.807) is 12.1 Å². The lowest BCUT2D eigenvalue weighted by atomic mass is 10.0. The quantitative estimate of drug-likeness (QED) is 0.873. The smallest absolute Gasteiger partial charge is 0.248 e. The van der Waals surface area contributed by atoms with Crippen LogP contribution in [0.5, 0.6) is 0 Å². The molecule has 0 aliphatic rings. The van der Waals surface area contributed by atoms with Crippen LogP contribution in [0.4, 0.5) is 5.69 Å². The van der Waals surface area contributed by atoms with E-state index in [0.29, 0.717) is 5.56 Å². The second-order valence-corrected chi connectivity index (χ2v) is 5.04. The standard InChI is InChI=1S/C16H17ClN2O/c1-2-15(11-6-8-13(17)9-7-11)19-14-5-3-4-12(10-14)16(18)20/h3-10,15,19H,2H2,1H3,(H2,18,20). The Balaban J connectivity index is 2.19. The van der Waals surface area contributed by atoms with Crippen molar-refractivity contribution in [2.45, 2.75) is 19.4 Å². The Bertz CT molecular complexity index is 596. The first-order valence-electron chi connectivity index (χ1n) is 6.52. The van der Waals surface area contributed by atoms with Crippen molar-refractivity contribution in [1.29, 1.82) is 0 Å². The van der Waals surface area contributed by atoms with Gasteiger partial charge >= 0.3 is 0 Å². The Morgan fingerprint density at radius 2 is 1.95 bits per heavy atom. The molecule has 3 N–H and O–H groups in total. The number of benzene rings is 2. The summed E-state index contributed by atoms with van der Waals surface area (Å²) in [4.78, 5) is 11.2. The number of carbonyl (C=O) groups excluding carboxylic acids is 1. The van der Waals surface area contributed by atoms with Gasteiger partial charge in [0.15, 0.2) is 0 Å². The van der Waals surface area contributed by atoms with E-state index < -0.39 is 5.91 Å². The summed E-state index contributed by atoms with van der Waals surface area (Å²) in [5, 5.41) is 4.13. The number of amides is 1. The second kappa shape index (κ2) is 6.44. The van der Waals surface area contributed by atoms with Crippen molar-refractivity contribution in [3.8, 4) is 0 Å². The summed E-state index contributed by atoms with van der Waals surface area (Å²) >= 11 is 5.90. The number of carbonyl (C=O) groups is 1. The highest BCUT2D eigenvalue weighted by Crippen LogP contribution is 2.24. The van der Waals surface area contributed by atoms with E-state index in [1.165, 1.54) is 0 Å². The van der Waals surface area contributed by atoms with E-state index in [1.807, 2.05) is 36.4 Å². The van der Waals surface area contributed by atoms with Crippen LogP contribution < -0.4 is 11.1 Å². The van der Waals surface area contributed by atoms with Gasteiger partial charge in [-0.2, -0.15) is 0 Å². The molecule has 20 heavy (non-hydrogen) atoms. The molecule has 2 rings (SSSR count). The number of primary amides is 1. The largest absolute Gasteiger partial charge is 0.378 e. The molecule has 0 spiro atoms. The van der Waals surface area contributed by atoms with Crippen LogP contribution in [-0.4, -0.2) is 5.91 Å². The van der Waals surface area contributed by atoms with Crippen molar-refractivity contribution < 1.29 is 4.79 Å². The molecule has 1 amide bonds. The van der Waals surface area contributed by atoms with Crippen LogP contribution in [0.15, 0.2) is 48.5 Å². The van der Waals surface area contributed by atoms with Crippen molar-refractivity contribution in [2.75, 3.05) is 5.32 Å². The number of rotatable bonds is 5. The predicted molar refractivity (Wildman–Crippen MR) is 83.1 cm³/mol. The molecule has 0 heterocycles. The molecule has 2 aromatic carbocycles. The molecule has 3 nitrogen and oxygen atoms in total. The summed E-state index contributed by atoms with van der Waals surface area (Å²) in [5.74, 6) is -0.423. The molecule has 0 fully saturated rings. The zero-order chi connectivity index (χ0) is 14.5. The number of hydrogen-bond acceptors (Lipinski definition) is 2. The zero-order valence-corrected chi connectivity index (χ0v) is 12.0. The van der Waals surface area contributed by atoms with Gasteiger partial charge in [0.05, 0.1) is 6.04 Å². The first kappa shape index (κ1) is 14.4. The Hall–Kier alpha value is -2.00. The summed E-state index contributed by atoms with van der Waals surface area (Å²) in [6, 6.07) is 15.1. The van der Waals surface area contributed by atoms with Gasteiger partial charge in [-0.25, -0.2) is 0 Å². The molecule has 0 aliphatic carbocycles. The van der Waals surface area contributed by atoms with Gasteiger partial charge in [-0.05, 0) is 42.3 Å². The van der Waals surface area contributed by atoms with Crippen molar-refractivity contribution in [2.24, 2.45) is 5.73 Å². The highest BCUT2D eigenvalue weighted by atomic mass is 35.5. The molecule has 4 heteroatoms. The van der Waals surface area contributed by atoms with Gasteiger partial charge in [0, 0.05) is 16.3 Å². The molecule has 1 unspecified atom stereocenters. The lowest BCUT2D eigenvalue weighted by Gasteiger charge is -2.19. The van der Waals surface area contributed by atoms with Gasteiger partial charge in [0.25, 0.3) is 0 Å². The van der Waals surface area contributed by atoms with Crippen LogP contribution in [0.2, 0.25) is 5.02 Å². The maximum atomic E-state index is 11.2. The van der Waals surface area contributed by atoms with Crippen molar-refractivity contribution in [3.05, 3.63) is 64.7 Å². The van der Waals surface area contributed by atoms with Gasteiger partial charge in [-0.3, -0.25) is 4.79 Å². The average Bonchev–Trinajstić information content (AvgIpc) is 2.46. The molecule has 0 bridgehead atoms. The van der Waals surface area contributed by atoms with E-state index in [-0.39, 0.29) is 6.04 Å². The third-order valence-corrected chi connectivity index (χ3v) is 3.42. The average molecular weight is 289 g/mol. The first-order valence-corrected chi connectivity index (χ1v) is 6.90. The molecule has 1 atom stereocenters. The molecule has 0 aromatic heterocycles. The Morgan fingerprint density at radius 3 is 2.55 bits per heavy atom. The third kappa shape index (κ3) is 3.52. The SMILES string of the molecule is CCC(Nc1cccc(C(N)=O)c1)c1ccc(Cl)cc1. The summed E-state index contributed by atoms with van der Waals surface area (Å²) in [6.07, 6.45) is 0.919. The minimum atomic E-state index is -0.423. The summed E-state index contributed by atoms with van der Waals surface area (Å²) in [7, 11) is 0. The van der Waals surface area contributed by atoms with Gasteiger partial charge in [0.1, 0.15) is 0 Å². The number of anilines is 1. The number of halogens is 1. The summed E-state index contributed by atoms with van der Waals surface area (Å²) in [5.41, 5.74) is 7.83. The highest BCUT2D eigenvalue weighted by molar-refractivity contribution is 6.30. The van der Waals surface area contributed by atoms with Crippen LogP contribution in [0.25, 0.3) is 0 Å². The molecule has 104 valence electrons. The first-order chi connectivity index (χ1) is 9.60. The fourth-order valence-electron chi connectivity index (χ4n) is 2.08. The van der Waals surface area contributed by atoms with E-state index in [9.17, 15) is 4.79 Å². The van der Waals surface area contributed by atoms with Crippen LogP contribution in [0.1, 0.15) is 35.3 Å².